The van der Waals surface area contributed by atoms with Crippen molar-refractivity contribution in [2.24, 2.45) is 0 Å². The number of nitrogen functional groups attached to an aromatic ring is 1. The molecule has 0 bridgehead atoms. The first-order valence-corrected chi connectivity index (χ1v) is 6.47. The van der Waals surface area contributed by atoms with Gasteiger partial charge in [-0.3, -0.25) is 29.4 Å². The van der Waals surface area contributed by atoms with Crippen molar-refractivity contribution >= 4 is 29.3 Å². The Balaban J connectivity index is 2.05. The Kier molecular flexibility index (Phi) is 2.62. The molecule has 7 heteroatoms. The largest absolute Gasteiger partial charge is 0.399 e. The van der Waals surface area contributed by atoms with Crippen molar-refractivity contribution in [1.82, 2.24) is 10.2 Å². The number of fused-ring (bicyclic) bond motifs is 1. The maximum Gasteiger partial charge on any atom is 0.262 e. The van der Waals surface area contributed by atoms with Gasteiger partial charge >= 0.3 is 0 Å². The molecule has 0 spiro atoms. The molecule has 7 nitrogen and oxygen atoms in total. The normalized spacial score (nSPS) is 25.1. The molecular formula is C14H13N3O4. The number of nitrogens with zero attached hydrogens (tertiary/aromatic N) is 1. The number of nitrogens with two attached hydrogens (primary N) is 1. The highest BCUT2D eigenvalue weighted by molar-refractivity contribution is 6.24. The molecule has 2 heterocycles. The predicted molar refractivity (Wildman–Crippen MR) is 72.1 cm³/mol. The van der Waals surface area contributed by atoms with Crippen LogP contribution >= 0.6 is 0 Å². The molecule has 0 radical (unpaired) electrons. The molecule has 108 valence electrons. The van der Waals surface area contributed by atoms with Crippen molar-refractivity contribution in [2.75, 3.05) is 5.73 Å². The summed E-state index contributed by atoms with van der Waals surface area (Å²) in [7, 11) is 0. The number of carbonyl (C=O) groups excluding carboxylic acids is 4. The van der Waals surface area contributed by atoms with Gasteiger partial charge in [-0.25, -0.2) is 0 Å². The lowest BCUT2D eigenvalue weighted by Crippen LogP contribution is -2.62. The number of hydrogen-bond acceptors (Lipinski definition) is 5. The third kappa shape index (κ3) is 1.74. The Morgan fingerprint density at radius 1 is 1.14 bits per heavy atom. The lowest BCUT2D eigenvalue weighted by atomic mass is 9.89. The molecule has 1 saturated heterocycles. The minimum Gasteiger partial charge on any atom is -0.399 e. The second-order valence-corrected chi connectivity index (χ2v) is 5.40. The van der Waals surface area contributed by atoms with Gasteiger partial charge in [0.25, 0.3) is 17.7 Å². The summed E-state index contributed by atoms with van der Waals surface area (Å²) in [4.78, 5) is 49.2. The summed E-state index contributed by atoms with van der Waals surface area (Å²) >= 11 is 0. The molecule has 0 aromatic heterocycles. The second-order valence-electron chi connectivity index (χ2n) is 5.40. The first-order valence-electron chi connectivity index (χ1n) is 6.47. The van der Waals surface area contributed by atoms with Crippen LogP contribution in [0.5, 0.6) is 0 Å². The van der Waals surface area contributed by atoms with E-state index in [4.69, 9.17) is 5.73 Å². The maximum atomic E-state index is 12.5. The van der Waals surface area contributed by atoms with Crippen molar-refractivity contribution < 1.29 is 19.2 Å². The summed E-state index contributed by atoms with van der Waals surface area (Å²) in [5, 5.41) is 2.18. The summed E-state index contributed by atoms with van der Waals surface area (Å²) in [6.45, 7) is 1.49. The highest BCUT2D eigenvalue weighted by atomic mass is 16.2. The van der Waals surface area contributed by atoms with Crippen molar-refractivity contribution in [3.8, 4) is 0 Å². The van der Waals surface area contributed by atoms with Crippen LogP contribution in [0.3, 0.4) is 0 Å². The average molecular weight is 287 g/mol. The number of amides is 4. The third-order valence-electron chi connectivity index (χ3n) is 3.99. The van der Waals surface area contributed by atoms with Gasteiger partial charge in [-0.2, -0.15) is 0 Å². The molecule has 1 fully saturated rings. The van der Waals surface area contributed by atoms with Gasteiger partial charge in [0, 0.05) is 12.1 Å². The van der Waals surface area contributed by atoms with Crippen LogP contribution in [0, 0.1) is 0 Å². The number of nitrogens with one attached hydrogen (secondary N) is 1. The average Bonchev–Trinajstić information content (AvgIpc) is 2.67. The number of anilines is 1. The molecule has 0 saturated carbocycles. The smallest absolute Gasteiger partial charge is 0.262 e. The van der Waals surface area contributed by atoms with E-state index >= 15 is 0 Å². The zero-order chi connectivity index (χ0) is 15.4. The molecule has 2 aliphatic heterocycles. The Morgan fingerprint density at radius 3 is 2.48 bits per heavy atom. The number of piperidine rings is 1. The van der Waals surface area contributed by atoms with Gasteiger partial charge in [-0.1, -0.05) is 0 Å². The van der Waals surface area contributed by atoms with E-state index in [2.05, 4.69) is 5.32 Å². The molecular weight excluding hydrogens is 274 g/mol. The molecule has 4 amide bonds. The third-order valence-corrected chi connectivity index (χ3v) is 3.99. The van der Waals surface area contributed by atoms with E-state index in [1.54, 1.807) is 0 Å². The van der Waals surface area contributed by atoms with Crippen molar-refractivity contribution in [2.45, 2.75) is 25.3 Å². The Hall–Kier alpha value is -2.70. The number of rotatable bonds is 1. The minimum absolute atomic E-state index is 0.0811. The molecule has 1 aromatic carbocycles. The number of benzene rings is 1. The van der Waals surface area contributed by atoms with E-state index in [0.29, 0.717) is 5.69 Å². The zero-order valence-corrected chi connectivity index (χ0v) is 11.3. The molecule has 21 heavy (non-hydrogen) atoms. The summed E-state index contributed by atoms with van der Waals surface area (Å²) in [5.41, 5.74) is 5.04. The van der Waals surface area contributed by atoms with Gasteiger partial charge in [0.2, 0.25) is 5.91 Å². The minimum atomic E-state index is -1.37. The van der Waals surface area contributed by atoms with Crippen LogP contribution in [-0.2, 0) is 9.59 Å². The van der Waals surface area contributed by atoms with E-state index in [1.165, 1.54) is 25.1 Å². The van der Waals surface area contributed by atoms with Crippen molar-refractivity contribution in [3.05, 3.63) is 29.3 Å². The topological polar surface area (TPSA) is 110 Å². The fourth-order valence-electron chi connectivity index (χ4n) is 2.71. The summed E-state index contributed by atoms with van der Waals surface area (Å²) in [6, 6.07) is 4.42. The van der Waals surface area contributed by atoms with Gasteiger partial charge < -0.3 is 5.73 Å². The molecule has 1 atom stereocenters. The highest BCUT2D eigenvalue weighted by Crippen LogP contribution is 2.34. The summed E-state index contributed by atoms with van der Waals surface area (Å²) in [5.74, 6) is -2.14. The van der Waals surface area contributed by atoms with E-state index in [1.807, 2.05) is 0 Å². The van der Waals surface area contributed by atoms with Gasteiger partial charge in [-0.15, -0.1) is 0 Å². The lowest BCUT2D eigenvalue weighted by molar-refractivity contribution is -0.140. The molecule has 3 rings (SSSR count). The number of hydrogen-bond donors (Lipinski definition) is 2. The number of imide groups is 2. The van der Waals surface area contributed by atoms with Crippen molar-refractivity contribution in [3.63, 3.8) is 0 Å². The zero-order valence-electron chi connectivity index (χ0n) is 11.3. The van der Waals surface area contributed by atoms with Crippen LogP contribution in [-0.4, -0.2) is 34.1 Å². The van der Waals surface area contributed by atoms with Crippen LogP contribution in [0.1, 0.15) is 40.5 Å². The van der Waals surface area contributed by atoms with Crippen LogP contribution in [0.15, 0.2) is 18.2 Å². The number of carbonyl (C=O) groups is 4. The summed E-state index contributed by atoms with van der Waals surface area (Å²) in [6.07, 6.45) is 0.191. The molecule has 0 aliphatic carbocycles. The van der Waals surface area contributed by atoms with Gasteiger partial charge in [-0.05, 0) is 31.5 Å². The van der Waals surface area contributed by atoms with Crippen molar-refractivity contribution in [1.29, 1.82) is 0 Å². The van der Waals surface area contributed by atoms with E-state index in [9.17, 15) is 19.2 Å². The monoisotopic (exact) mass is 287 g/mol. The Labute approximate surface area is 120 Å². The highest BCUT2D eigenvalue weighted by Gasteiger charge is 2.52. The molecule has 1 aromatic rings. The first-order chi connectivity index (χ1) is 9.84. The van der Waals surface area contributed by atoms with Crippen LogP contribution in [0.25, 0.3) is 0 Å². The predicted octanol–water partition coefficient (Wildman–Crippen LogP) is 0.0601. The van der Waals surface area contributed by atoms with Gasteiger partial charge in [0.05, 0.1) is 11.1 Å². The quantitative estimate of drug-likeness (QED) is 0.560. The van der Waals surface area contributed by atoms with Gasteiger partial charge in [0.1, 0.15) is 5.54 Å². The SMILES string of the molecule is C[C@]1(N2C(=O)c3ccc(N)cc3C2=O)CCC(=O)NC1=O. The van der Waals surface area contributed by atoms with Crippen LogP contribution in [0.4, 0.5) is 5.69 Å². The molecule has 2 aliphatic rings. The first kappa shape index (κ1) is 13.3. The fourth-order valence-corrected chi connectivity index (χ4v) is 2.71. The fraction of sp³-hybridized carbons (Fsp3) is 0.286. The van der Waals surface area contributed by atoms with Gasteiger partial charge in [0.15, 0.2) is 0 Å². The standard InChI is InChI=1S/C14H13N3O4/c1-14(5-4-10(18)16-13(14)21)17-11(19)8-3-2-7(15)6-9(8)12(17)20/h2-3,6H,4-5,15H2,1H3,(H,16,18,21)/t14-/m0/s1. The Morgan fingerprint density at radius 2 is 1.81 bits per heavy atom. The Bertz CT molecular complexity index is 712. The second kappa shape index (κ2) is 4.15. The van der Waals surface area contributed by atoms with Crippen LogP contribution in [0.2, 0.25) is 0 Å². The lowest BCUT2D eigenvalue weighted by Gasteiger charge is -2.38. The van der Waals surface area contributed by atoms with Crippen LogP contribution < -0.4 is 11.1 Å². The van der Waals surface area contributed by atoms with E-state index in [0.717, 1.165) is 4.90 Å². The van der Waals surface area contributed by atoms with E-state index < -0.39 is 29.2 Å². The molecule has 0 unspecified atom stereocenters. The van der Waals surface area contributed by atoms with E-state index in [-0.39, 0.29) is 24.0 Å². The molecule has 3 N–H and O–H groups in total. The summed E-state index contributed by atoms with van der Waals surface area (Å²) < 4.78 is 0. The maximum absolute atomic E-state index is 12.5.